The van der Waals surface area contributed by atoms with Crippen LogP contribution in [0.15, 0.2) is 34.1 Å². The lowest BCUT2D eigenvalue weighted by Crippen LogP contribution is -2.30. The number of hydrogen-bond acceptors (Lipinski definition) is 4. The summed E-state index contributed by atoms with van der Waals surface area (Å²) >= 11 is 0. The molecule has 0 aromatic heterocycles. The number of sulfonamides is 1. The van der Waals surface area contributed by atoms with Crippen LogP contribution in [0.4, 0.5) is 3.89 Å². The molecule has 1 aliphatic heterocycles. The van der Waals surface area contributed by atoms with Gasteiger partial charge in [0.15, 0.2) is 0 Å². The molecule has 0 saturated carbocycles. The maximum Gasteiger partial charge on any atom is 0.332 e. The fraction of sp³-hybridized carbons (Fsp3) is 0.500. The molecule has 1 saturated heterocycles. The Hall–Kier alpha value is -0.990. The van der Waals surface area contributed by atoms with Crippen molar-refractivity contribution in [2.75, 3.05) is 13.1 Å². The quantitative estimate of drug-likeness (QED) is 0.795. The van der Waals surface area contributed by atoms with Crippen LogP contribution >= 0.6 is 0 Å². The predicted octanol–water partition coefficient (Wildman–Crippen LogP) is 1.77. The highest BCUT2D eigenvalue weighted by molar-refractivity contribution is 7.89. The molecule has 0 atom stereocenters. The van der Waals surface area contributed by atoms with E-state index >= 15 is 0 Å². The highest BCUT2D eigenvalue weighted by Crippen LogP contribution is 2.33. The van der Waals surface area contributed by atoms with Crippen molar-refractivity contribution < 1.29 is 20.7 Å². The Morgan fingerprint density at radius 3 is 2.25 bits per heavy atom. The van der Waals surface area contributed by atoms with E-state index < -0.39 is 25.1 Å². The topological polar surface area (TPSA) is 71.5 Å². The molecule has 1 aromatic carbocycles. The Labute approximate surface area is 118 Å². The Bertz CT molecular complexity index is 726. The van der Waals surface area contributed by atoms with Crippen LogP contribution in [-0.4, -0.2) is 34.2 Å². The lowest BCUT2D eigenvalue weighted by atomic mass is 9.93. The lowest BCUT2D eigenvalue weighted by Gasteiger charge is -2.19. The summed E-state index contributed by atoms with van der Waals surface area (Å²) in [6, 6.07) is 4.38. The molecule has 5 nitrogen and oxygen atoms in total. The van der Waals surface area contributed by atoms with Crippen LogP contribution in [0, 0.1) is 5.41 Å². The first kappa shape index (κ1) is 15.4. The predicted molar refractivity (Wildman–Crippen MR) is 71.9 cm³/mol. The molecule has 1 aliphatic rings. The SMILES string of the molecule is CC1(C)CCN(S(=O)(=O)c2cccc(S(=O)(=O)F)c2)C1. The largest absolute Gasteiger partial charge is 0.332 e. The number of rotatable bonds is 3. The van der Waals surface area contributed by atoms with Gasteiger partial charge in [-0.05, 0) is 30.0 Å². The molecule has 1 aromatic rings. The first-order valence-electron chi connectivity index (χ1n) is 6.07. The van der Waals surface area contributed by atoms with Gasteiger partial charge < -0.3 is 0 Å². The second-order valence-electron chi connectivity index (χ2n) is 5.67. The van der Waals surface area contributed by atoms with E-state index in [1.807, 2.05) is 13.8 Å². The fourth-order valence-corrected chi connectivity index (χ4v) is 4.46. The van der Waals surface area contributed by atoms with Crippen molar-refractivity contribution in [3.8, 4) is 0 Å². The monoisotopic (exact) mass is 321 g/mol. The van der Waals surface area contributed by atoms with Crippen molar-refractivity contribution in [2.24, 2.45) is 5.41 Å². The number of hydrogen-bond donors (Lipinski definition) is 0. The zero-order valence-electron chi connectivity index (χ0n) is 11.2. The van der Waals surface area contributed by atoms with Gasteiger partial charge in [0.25, 0.3) is 0 Å². The average Bonchev–Trinajstić information content (AvgIpc) is 2.69. The van der Waals surface area contributed by atoms with Gasteiger partial charge in [-0.3, -0.25) is 0 Å². The van der Waals surface area contributed by atoms with E-state index in [-0.39, 0.29) is 10.3 Å². The van der Waals surface area contributed by atoms with Crippen LogP contribution < -0.4 is 0 Å². The van der Waals surface area contributed by atoms with E-state index in [9.17, 15) is 20.7 Å². The molecule has 0 spiro atoms. The summed E-state index contributed by atoms with van der Waals surface area (Å²) in [5, 5.41) is 0. The van der Waals surface area contributed by atoms with E-state index in [4.69, 9.17) is 0 Å². The first-order valence-corrected chi connectivity index (χ1v) is 8.90. The zero-order valence-corrected chi connectivity index (χ0v) is 12.8. The Morgan fingerprint density at radius 2 is 1.75 bits per heavy atom. The molecular weight excluding hydrogens is 305 g/mol. The Balaban J connectivity index is 2.41. The molecule has 0 unspecified atom stereocenters. The van der Waals surface area contributed by atoms with Gasteiger partial charge in [-0.15, -0.1) is 3.89 Å². The van der Waals surface area contributed by atoms with Gasteiger partial charge in [-0.1, -0.05) is 19.9 Å². The third kappa shape index (κ3) is 3.02. The number of halogens is 1. The summed E-state index contributed by atoms with van der Waals surface area (Å²) in [6.07, 6.45) is 0.729. The van der Waals surface area contributed by atoms with E-state index in [0.29, 0.717) is 13.1 Å². The van der Waals surface area contributed by atoms with Crippen LogP contribution in [0.25, 0.3) is 0 Å². The standard InChI is InChI=1S/C12H16FNO4S2/c1-12(2)6-7-14(9-12)20(17,18)11-5-3-4-10(8-11)19(13,15)16/h3-5,8H,6-7,9H2,1-2H3. The third-order valence-corrected chi connectivity index (χ3v) is 6.03. The van der Waals surface area contributed by atoms with Crippen LogP contribution in [-0.2, 0) is 20.2 Å². The molecule has 1 fully saturated rings. The second kappa shape index (κ2) is 4.78. The molecule has 8 heteroatoms. The maximum atomic E-state index is 13.0. The summed E-state index contributed by atoms with van der Waals surface area (Å²) in [6.45, 7) is 4.67. The molecule has 0 amide bonds. The van der Waals surface area contributed by atoms with Crippen LogP contribution in [0.2, 0.25) is 0 Å². The first-order chi connectivity index (χ1) is 9.02. The molecule has 112 valence electrons. The maximum absolute atomic E-state index is 13.0. The van der Waals surface area contributed by atoms with Crippen molar-refractivity contribution in [3.05, 3.63) is 24.3 Å². The minimum absolute atomic E-state index is 0.114. The third-order valence-electron chi connectivity index (χ3n) is 3.37. The number of nitrogens with zero attached hydrogens (tertiary/aromatic N) is 1. The van der Waals surface area contributed by atoms with Crippen molar-refractivity contribution in [3.63, 3.8) is 0 Å². The second-order valence-corrected chi connectivity index (χ2v) is 8.95. The average molecular weight is 321 g/mol. The molecule has 0 aliphatic carbocycles. The highest BCUT2D eigenvalue weighted by Gasteiger charge is 2.37. The zero-order chi connectivity index (χ0) is 15.2. The van der Waals surface area contributed by atoms with Crippen molar-refractivity contribution >= 4 is 20.2 Å². The van der Waals surface area contributed by atoms with Gasteiger partial charge in [0.1, 0.15) is 0 Å². The Morgan fingerprint density at radius 1 is 1.15 bits per heavy atom. The van der Waals surface area contributed by atoms with E-state index in [1.165, 1.54) is 16.4 Å². The molecule has 1 heterocycles. The van der Waals surface area contributed by atoms with Gasteiger partial charge in [0, 0.05) is 13.1 Å². The minimum Gasteiger partial charge on any atom is -0.207 e. The number of benzene rings is 1. The van der Waals surface area contributed by atoms with Gasteiger partial charge in [-0.2, -0.15) is 12.7 Å². The van der Waals surface area contributed by atoms with Crippen LogP contribution in [0.5, 0.6) is 0 Å². The molecule has 0 bridgehead atoms. The summed E-state index contributed by atoms with van der Waals surface area (Å²) in [7, 11) is -8.71. The van der Waals surface area contributed by atoms with Crippen molar-refractivity contribution in [2.45, 2.75) is 30.1 Å². The van der Waals surface area contributed by atoms with Gasteiger partial charge in [0.2, 0.25) is 10.0 Å². The molecule has 0 N–H and O–H groups in total. The molecular formula is C12H16FNO4S2. The van der Waals surface area contributed by atoms with Crippen LogP contribution in [0.1, 0.15) is 20.3 Å². The minimum atomic E-state index is -4.91. The Kier molecular flexibility index (Phi) is 3.68. The van der Waals surface area contributed by atoms with E-state index in [2.05, 4.69) is 0 Å². The van der Waals surface area contributed by atoms with E-state index in [1.54, 1.807) is 0 Å². The molecule has 2 rings (SSSR count). The highest BCUT2D eigenvalue weighted by atomic mass is 32.3. The van der Waals surface area contributed by atoms with Gasteiger partial charge in [0.05, 0.1) is 9.79 Å². The van der Waals surface area contributed by atoms with Crippen molar-refractivity contribution in [1.82, 2.24) is 4.31 Å². The summed E-state index contributed by atoms with van der Waals surface area (Å²) in [5.41, 5.74) is -0.114. The molecule has 20 heavy (non-hydrogen) atoms. The fourth-order valence-electron chi connectivity index (χ4n) is 2.20. The van der Waals surface area contributed by atoms with Crippen molar-refractivity contribution in [1.29, 1.82) is 0 Å². The van der Waals surface area contributed by atoms with Crippen LogP contribution in [0.3, 0.4) is 0 Å². The summed E-state index contributed by atoms with van der Waals surface area (Å²) in [4.78, 5) is -0.842. The smallest absolute Gasteiger partial charge is 0.207 e. The normalized spacial score (nSPS) is 20.1. The summed E-state index contributed by atoms with van der Waals surface area (Å²) < 4.78 is 60.8. The molecule has 0 radical (unpaired) electrons. The van der Waals surface area contributed by atoms with E-state index in [0.717, 1.165) is 18.6 Å². The summed E-state index contributed by atoms with van der Waals surface area (Å²) in [5.74, 6) is 0. The van der Waals surface area contributed by atoms with Gasteiger partial charge in [-0.25, -0.2) is 8.42 Å². The lowest BCUT2D eigenvalue weighted by molar-refractivity contribution is 0.375. The van der Waals surface area contributed by atoms with Gasteiger partial charge >= 0.3 is 10.2 Å².